The summed E-state index contributed by atoms with van der Waals surface area (Å²) < 4.78 is 33.5. The maximum atomic E-state index is 8.88. The van der Waals surface area contributed by atoms with Crippen LogP contribution >= 0.6 is 7.82 Å². The van der Waals surface area contributed by atoms with Crippen molar-refractivity contribution in [1.82, 2.24) is 0 Å². The molecule has 0 radical (unpaired) electrons. The summed E-state index contributed by atoms with van der Waals surface area (Å²) in [5, 5.41) is 0. The fourth-order valence-corrected chi connectivity index (χ4v) is 0. The summed E-state index contributed by atoms with van der Waals surface area (Å²) in [4.78, 5) is 21.6. The van der Waals surface area contributed by atoms with E-state index in [0.717, 1.165) is 0 Å². The number of halogens is 2. The van der Waals surface area contributed by atoms with Gasteiger partial charge in [0.25, 0.3) is 0 Å². The Morgan fingerprint density at radius 3 is 1.00 bits per heavy atom. The molecule has 0 saturated heterocycles. The molecule has 0 unspecified atom stereocenters. The van der Waals surface area contributed by atoms with E-state index < -0.39 is 25.4 Å². The van der Waals surface area contributed by atoms with E-state index in [1.54, 1.807) is 0 Å². The summed E-state index contributed by atoms with van der Waals surface area (Å²) in [5.41, 5.74) is 0. The van der Waals surface area contributed by atoms with Crippen LogP contribution in [0.3, 0.4) is 0 Å². The van der Waals surface area contributed by atoms with Crippen molar-refractivity contribution in [3.63, 3.8) is 0 Å². The molecule has 0 amide bonds. The predicted molar refractivity (Wildman–Crippen MR) is 23.6 cm³/mol. The maximum absolute atomic E-state index is 8.88. The molecule has 0 fully saturated rings. The van der Waals surface area contributed by atoms with Gasteiger partial charge in [-0.15, -0.1) is 0 Å². The Balaban J connectivity index is -0.0000000221. The van der Waals surface area contributed by atoms with Crippen molar-refractivity contribution in [1.29, 1.82) is 0 Å². The topological polar surface area (TPSA) is 132 Å². The molecule has 0 aromatic carbocycles. The van der Waals surface area contributed by atoms with Crippen molar-refractivity contribution in [2.45, 2.75) is 0 Å². The quantitative estimate of drug-likeness (QED) is 0.224. The molecule has 12 heavy (non-hydrogen) atoms. The SMILES string of the molecule is O=P(O)(O)O.[Cl-].[Cl-].[Mg+2].[O]=[W](=[O])[OH]. The first-order valence-corrected chi connectivity index (χ1v) is 6.57. The summed E-state index contributed by atoms with van der Waals surface area (Å²) in [6, 6.07) is 0. The van der Waals surface area contributed by atoms with Crippen molar-refractivity contribution in [2.24, 2.45) is 0 Å². The molecule has 0 spiro atoms. The molecule has 7 nitrogen and oxygen atoms in total. The Morgan fingerprint density at radius 2 is 1.00 bits per heavy atom. The number of hydrogen-bond donors (Lipinski definition) is 4. The molecule has 0 atom stereocenters. The molecule has 0 aliphatic rings. The van der Waals surface area contributed by atoms with E-state index in [1.165, 1.54) is 0 Å². The minimum absolute atomic E-state index is 0. The third-order valence-corrected chi connectivity index (χ3v) is 0. The monoisotopic (exact) mass is 425 g/mol. The summed E-state index contributed by atoms with van der Waals surface area (Å²) in [6.45, 7) is 0. The minimum atomic E-state index is -4.64. The van der Waals surface area contributed by atoms with Gasteiger partial charge in [0.15, 0.2) is 0 Å². The Bertz CT molecular complexity index is 156. The van der Waals surface area contributed by atoms with Crippen LogP contribution in [0.4, 0.5) is 0 Å². The van der Waals surface area contributed by atoms with E-state index in [9.17, 15) is 0 Å². The molecule has 0 bridgehead atoms. The van der Waals surface area contributed by atoms with Gasteiger partial charge in [0, 0.05) is 0 Å². The van der Waals surface area contributed by atoms with Gasteiger partial charge in [-0.05, 0) is 0 Å². The first-order valence-electron chi connectivity index (χ1n) is 1.30. The summed E-state index contributed by atoms with van der Waals surface area (Å²) in [6.07, 6.45) is 0. The molecule has 0 aromatic heterocycles. The Kier molecular flexibility index (Phi) is 37.0. The van der Waals surface area contributed by atoms with Gasteiger partial charge in [-0.25, -0.2) is 4.57 Å². The van der Waals surface area contributed by atoms with Crippen LogP contribution in [0.15, 0.2) is 0 Å². The molecule has 4 N–H and O–H groups in total. The zero-order chi connectivity index (χ0) is 8.08. The Morgan fingerprint density at radius 1 is 1.00 bits per heavy atom. The summed E-state index contributed by atoms with van der Waals surface area (Å²) >= 11 is -4.03. The summed E-state index contributed by atoms with van der Waals surface area (Å²) in [7, 11) is -4.64. The van der Waals surface area contributed by atoms with Crippen LogP contribution in [0, 0.1) is 0 Å². The van der Waals surface area contributed by atoms with E-state index in [1.807, 2.05) is 0 Å². The summed E-state index contributed by atoms with van der Waals surface area (Å²) in [5.74, 6) is 0. The van der Waals surface area contributed by atoms with Gasteiger partial charge in [0.2, 0.25) is 0 Å². The molecule has 0 aliphatic carbocycles. The zero-order valence-corrected chi connectivity index (χ0v) is 12.1. The Hall–Kier alpha value is 1.70. The molecule has 0 heterocycles. The van der Waals surface area contributed by atoms with Gasteiger partial charge in [0.05, 0.1) is 0 Å². The van der Waals surface area contributed by atoms with Crippen LogP contribution < -0.4 is 24.8 Å². The normalized spacial score (nSPS) is 7.00. The molecule has 73 valence electrons. The number of hydrogen-bond acceptors (Lipinski definition) is 3. The second kappa shape index (κ2) is 15.2. The van der Waals surface area contributed by atoms with Crippen molar-refractivity contribution in [2.75, 3.05) is 0 Å². The van der Waals surface area contributed by atoms with E-state index in [0.29, 0.717) is 0 Å². The van der Waals surface area contributed by atoms with Gasteiger partial charge in [-0.1, -0.05) is 0 Å². The zero-order valence-electron chi connectivity index (χ0n) is 5.33. The third-order valence-electron chi connectivity index (χ3n) is 0. The van der Waals surface area contributed by atoms with Gasteiger partial charge in [-0.2, -0.15) is 0 Å². The van der Waals surface area contributed by atoms with E-state index in [4.69, 9.17) is 29.8 Å². The van der Waals surface area contributed by atoms with E-state index in [-0.39, 0.29) is 47.9 Å². The predicted octanol–water partition coefficient (Wildman–Crippen LogP) is -8.10. The van der Waals surface area contributed by atoms with Crippen LogP contribution in [0.1, 0.15) is 0 Å². The number of rotatable bonds is 0. The van der Waals surface area contributed by atoms with Crippen molar-refractivity contribution < 1.29 is 72.2 Å². The Labute approximate surface area is 102 Å². The fourth-order valence-electron chi connectivity index (χ4n) is 0. The van der Waals surface area contributed by atoms with Crippen LogP contribution in [0.2, 0.25) is 0 Å². The second-order valence-electron chi connectivity index (χ2n) is 0.730. The molecule has 0 aromatic rings. The second-order valence-corrected chi connectivity index (χ2v) is 3.32. The van der Waals surface area contributed by atoms with Crippen LogP contribution in [-0.2, 0) is 29.0 Å². The fraction of sp³-hybridized carbons (Fsp3) is 0. The van der Waals surface area contributed by atoms with Gasteiger partial charge >= 0.3 is 59.0 Å². The molecule has 0 aliphatic heterocycles. The average Bonchev–Trinajstić information content (AvgIpc) is 1.19. The van der Waals surface area contributed by atoms with Gasteiger partial charge in [0.1, 0.15) is 0 Å². The molecule has 0 rings (SSSR count). The van der Waals surface area contributed by atoms with Crippen LogP contribution in [0.25, 0.3) is 0 Å². The van der Waals surface area contributed by atoms with Crippen LogP contribution in [-0.4, -0.2) is 41.5 Å². The van der Waals surface area contributed by atoms with Crippen molar-refractivity contribution in [3.05, 3.63) is 0 Å². The van der Waals surface area contributed by atoms with Gasteiger partial charge in [-0.3, -0.25) is 0 Å². The first kappa shape index (κ1) is 29.2. The average molecular weight is 426 g/mol. The van der Waals surface area contributed by atoms with Crippen molar-refractivity contribution in [3.8, 4) is 0 Å². The van der Waals surface area contributed by atoms with E-state index in [2.05, 4.69) is 0 Å². The first-order chi connectivity index (χ1) is 3.73. The van der Waals surface area contributed by atoms with E-state index >= 15 is 0 Å². The third kappa shape index (κ3) is 462. The van der Waals surface area contributed by atoms with Gasteiger partial charge < -0.3 is 39.5 Å². The molecule has 12 heteroatoms. The molecular formula is H4Cl2MgO7PW. The standard InChI is InChI=1S/2ClH.Mg.H3O4P.H2O.2O.W/c;;;1-5(2,3)4;;;;/h2*1H;;(H3,1,2,3,4);1H2;;;/q;;+2;;;;;+1/p-3. The van der Waals surface area contributed by atoms with Crippen LogP contribution in [0.5, 0.6) is 0 Å². The molecular weight excluding hydrogens is 422 g/mol. The number of phosphoric acid groups is 1. The molecule has 0 saturated carbocycles. The van der Waals surface area contributed by atoms with Crippen molar-refractivity contribution >= 4 is 30.9 Å².